The quantitative estimate of drug-likeness (QED) is 0.640. The standard InChI is InChI=1S/C22H29N3O2S/c1-2-19(26)23-17-3-5-18(6-4-17)24-21(28)25-20(27)13-22-10-14-7-15(11-22)9-16(8-14)12-22/h3-6,14-16H,2,7-13H2,1H3,(H,23,26)(H2,24,25,27,28). The molecule has 0 aliphatic heterocycles. The molecule has 4 aliphatic carbocycles. The maximum Gasteiger partial charge on any atom is 0.226 e. The Labute approximate surface area is 172 Å². The molecule has 150 valence electrons. The van der Waals surface area contributed by atoms with E-state index >= 15 is 0 Å². The van der Waals surface area contributed by atoms with E-state index in [2.05, 4.69) is 16.0 Å². The number of carbonyl (C=O) groups is 2. The smallest absolute Gasteiger partial charge is 0.226 e. The van der Waals surface area contributed by atoms with Gasteiger partial charge in [0.05, 0.1) is 0 Å². The van der Waals surface area contributed by atoms with E-state index in [1.807, 2.05) is 31.2 Å². The minimum Gasteiger partial charge on any atom is -0.332 e. The maximum atomic E-state index is 12.7. The molecule has 4 aliphatic rings. The zero-order valence-electron chi connectivity index (χ0n) is 16.4. The van der Waals surface area contributed by atoms with Crippen molar-refractivity contribution in [2.75, 3.05) is 10.6 Å². The highest BCUT2D eigenvalue weighted by Crippen LogP contribution is 2.61. The van der Waals surface area contributed by atoms with Gasteiger partial charge in [0, 0.05) is 24.2 Å². The Kier molecular flexibility index (Phi) is 5.41. The van der Waals surface area contributed by atoms with Crippen LogP contribution in [0.3, 0.4) is 0 Å². The van der Waals surface area contributed by atoms with Gasteiger partial charge in [0.2, 0.25) is 11.8 Å². The average Bonchev–Trinajstić information content (AvgIpc) is 2.61. The molecular weight excluding hydrogens is 370 g/mol. The van der Waals surface area contributed by atoms with Gasteiger partial charge in [0.15, 0.2) is 5.11 Å². The highest BCUT2D eigenvalue weighted by Gasteiger charge is 2.51. The minimum absolute atomic E-state index is 0.0202. The predicted octanol–water partition coefficient (Wildman–Crippen LogP) is 4.45. The SMILES string of the molecule is CCC(=O)Nc1ccc(NC(=S)NC(=O)CC23CC4CC(CC(C4)C2)C3)cc1. The fraction of sp³-hybridized carbons (Fsp3) is 0.591. The van der Waals surface area contributed by atoms with Crippen molar-refractivity contribution in [2.24, 2.45) is 23.2 Å². The first-order valence-corrected chi connectivity index (χ1v) is 10.8. The van der Waals surface area contributed by atoms with Gasteiger partial charge in [0.25, 0.3) is 0 Å². The Morgan fingerprint density at radius 3 is 1.93 bits per heavy atom. The summed E-state index contributed by atoms with van der Waals surface area (Å²) in [5, 5.41) is 9.07. The molecule has 2 amide bonds. The van der Waals surface area contributed by atoms with Crippen LogP contribution in [-0.2, 0) is 9.59 Å². The summed E-state index contributed by atoms with van der Waals surface area (Å²) < 4.78 is 0. The number of carbonyl (C=O) groups excluding carboxylic acids is 2. The van der Waals surface area contributed by atoms with Gasteiger partial charge in [-0.15, -0.1) is 0 Å². The highest BCUT2D eigenvalue weighted by atomic mass is 32.1. The summed E-state index contributed by atoms with van der Waals surface area (Å²) in [5.74, 6) is 2.54. The van der Waals surface area contributed by atoms with Crippen molar-refractivity contribution in [3.63, 3.8) is 0 Å². The third-order valence-electron chi connectivity index (χ3n) is 6.70. The lowest BCUT2D eigenvalue weighted by Gasteiger charge is -2.56. The fourth-order valence-corrected chi connectivity index (χ4v) is 6.30. The molecule has 1 aromatic rings. The van der Waals surface area contributed by atoms with Crippen LogP contribution in [0.4, 0.5) is 11.4 Å². The molecule has 5 nitrogen and oxygen atoms in total. The number of amides is 2. The molecule has 28 heavy (non-hydrogen) atoms. The van der Waals surface area contributed by atoms with Crippen molar-refractivity contribution in [1.29, 1.82) is 0 Å². The Morgan fingerprint density at radius 1 is 0.929 bits per heavy atom. The van der Waals surface area contributed by atoms with E-state index in [0.717, 1.165) is 29.1 Å². The number of anilines is 2. The van der Waals surface area contributed by atoms with E-state index in [0.29, 0.717) is 18.0 Å². The molecule has 6 heteroatoms. The first kappa shape index (κ1) is 19.4. The Morgan fingerprint density at radius 2 is 1.43 bits per heavy atom. The second kappa shape index (κ2) is 7.82. The molecule has 4 saturated carbocycles. The van der Waals surface area contributed by atoms with Gasteiger partial charge in [-0.1, -0.05) is 6.92 Å². The molecule has 0 spiro atoms. The van der Waals surface area contributed by atoms with Crippen molar-refractivity contribution in [3.05, 3.63) is 24.3 Å². The number of hydrogen-bond acceptors (Lipinski definition) is 3. The van der Waals surface area contributed by atoms with Crippen LogP contribution in [0.15, 0.2) is 24.3 Å². The first-order chi connectivity index (χ1) is 13.4. The number of nitrogens with one attached hydrogen (secondary N) is 3. The summed E-state index contributed by atoms with van der Waals surface area (Å²) in [6.45, 7) is 1.82. The van der Waals surface area contributed by atoms with E-state index in [4.69, 9.17) is 12.2 Å². The van der Waals surface area contributed by atoms with Gasteiger partial charge in [-0.25, -0.2) is 0 Å². The van der Waals surface area contributed by atoms with Crippen LogP contribution in [0.2, 0.25) is 0 Å². The van der Waals surface area contributed by atoms with Crippen LogP contribution in [0, 0.1) is 23.2 Å². The normalized spacial score (nSPS) is 30.0. The zero-order valence-corrected chi connectivity index (χ0v) is 17.2. The molecule has 1 aromatic carbocycles. The largest absolute Gasteiger partial charge is 0.332 e. The second-order valence-electron chi connectivity index (χ2n) is 9.08. The third kappa shape index (κ3) is 4.37. The van der Waals surface area contributed by atoms with E-state index < -0.39 is 0 Å². The van der Waals surface area contributed by atoms with E-state index in [1.165, 1.54) is 38.5 Å². The van der Waals surface area contributed by atoms with Crippen LogP contribution in [-0.4, -0.2) is 16.9 Å². The number of hydrogen-bond donors (Lipinski definition) is 3. The summed E-state index contributed by atoms with van der Waals surface area (Å²) in [6, 6.07) is 7.30. The lowest BCUT2D eigenvalue weighted by atomic mass is 9.49. The van der Waals surface area contributed by atoms with Crippen molar-refractivity contribution in [2.45, 2.75) is 58.3 Å². The number of benzene rings is 1. The zero-order chi connectivity index (χ0) is 19.7. The summed E-state index contributed by atoms with van der Waals surface area (Å²) in [5.41, 5.74) is 1.75. The van der Waals surface area contributed by atoms with Gasteiger partial charge in [0.1, 0.15) is 0 Å². The summed E-state index contributed by atoms with van der Waals surface area (Å²) >= 11 is 5.33. The van der Waals surface area contributed by atoms with Gasteiger partial charge >= 0.3 is 0 Å². The van der Waals surface area contributed by atoms with Crippen molar-refractivity contribution in [3.8, 4) is 0 Å². The monoisotopic (exact) mass is 399 g/mol. The van der Waals surface area contributed by atoms with Crippen molar-refractivity contribution in [1.82, 2.24) is 5.32 Å². The Bertz CT molecular complexity index is 739. The maximum absolute atomic E-state index is 12.7. The molecular formula is C22H29N3O2S. The summed E-state index contributed by atoms with van der Waals surface area (Å²) in [4.78, 5) is 24.1. The van der Waals surface area contributed by atoms with E-state index in [-0.39, 0.29) is 17.2 Å². The molecule has 4 bridgehead atoms. The van der Waals surface area contributed by atoms with Gasteiger partial charge in [-0.2, -0.15) is 0 Å². The minimum atomic E-state index is -0.0202. The summed E-state index contributed by atoms with van der Waals surface area (Å²) in [6.07, 6.45) is 8.85. The predicted molar refractivity (Wildman–Crippen MR) is 115 cm³/mol. The second-order valence-corrected chi connectivity index (χ2v) is 9.48. The van der Waals surface area contributed by atoms with Gasteiger partial charge < -0.3 is 16.0 Å². The molecule has 0 saturated heterocycles. The molecule has 0 radical (unpaired) electrons. The Hall–Kier alpha value is -1.95. The lowest BCUT2D eigenvalue weighted by Crippen LogP contribution is -2.48. The molecule has 0 aromatic heterocycles. The van der Waals surface area contributed by atoms with Crippen molar-refractivity contribution < 1.29 is 9.59 Å². The average molecular weight is 400 g/mol. The number of thiocarbonyl (C=S) groups is 1. The molecule has 0 heterocycles. The topological polar surface area (TPSA) is 70.2 Å². The van der Waals surface area contributed by atoms with Gasteiger partial charge in [-0.3, -0.25) is 9.59 Å². The molecule has 0 atom stereocenters. The van der Waals surface area contributed by atoms with E-state index in [9.17, 15) is 9.59 Å². The Balaban J connectivity index is 1.28. The highest BCUT2D eigenvalue weighted by molar-refractivity contribution is 7.80. The first-order valence-electron chi connectivity index (χ1n) is 10.4. The third-order valence-corrected chi connectivity index (χ3v) is 6.91. The molecule has 5 rings (SSSR count). The van der Waals surface area contributed by atoms with Crippen LogP contribution in [0.5, 0.6) is 0 Å². The molecule has 4 fully saturated rings. The van der Waals surface area contributed by atoms with Crippen LogP contribution in [0.1, 0.15) is 58.3 Å². The molecule has 0 unspecified atom stereocenters. The van der Waals surface area contributed by atoms with Crippen molar-refractivity contribution >= 4 is 40.5 Å². The summed E-state index contributed by atoms with van der Waals surface area (Å²) in [7, 11) is 0. The fourth-order valence-electron chi connectivity index (χ4n) is 6.07. The lowest BCUT2D eigenvalue weighted by molar-refractivity contribution is -0.128. The van der Waals surface area contributed by atoms with E-state index in [1.54, 1.807) is 0 Å². The number of rotatable bonds is 5. The van der Waals surface area contributed by atoms with Gasteiger partial charge in [-0.05, 0) is 98.2 Å². The van der Waals surface area contributed by atoms with Crippen LogP contribution in [0.25, 0.3) is 0 Å². The van der Waals surface area contributed by atoms with Crippen LogP contribution >= 0.6 is 12.2 Å². The molecule has 3 N–H and O–H groups in total. The van der Waals surface area contributed by atoms with Crippen LogP contribution < -0.4 is 16.0 Å².